The first-order valence-corrected chi connectivity index (χ1v) is 6.04. The highest BCUT2D eigenvalue weighted by atomic mass is 79.9. The maximum absolute atomic E-state index is 11.7. The molecule has 88 valence electrons. The molecule has 0 aliphatic carbocycles. The predicted octanol–water partition coefficient (Wildman–Crippen LogP) is 1.28. The first-order chi connectivity index (χ1) is 7.72. The lowest BCUT2D eigenvalue weighted by molar-refractivity contribution is 0.180. The van der Waals surface area contributed by atoms with E-state index in [9.17, 15) is 4.79 Å². The van der Waals surface area contributed by atoms with Gasteiger partial charge in [-0.3, -0.25) is 9.78 Å². The Morgan fingerprint density at radius 2 is 2.19 bits per heavy atom. The Hall–Kier alpha value is -0.880. The molecule has 0 atom stereocenters. The van der Waals surface area contributed by atoms with Crippen molar-refractivity contribution in [3.05, 3.63) is 20.5 Å². The molecule has 0 radical (unpaired) electrons. The van der Waals surface area contributed by atoms with Crippen LogP contribution in [0.4, 0.5) is 5.95 Å². The van der Waals surface area contributed by atoms with Gasteiger partial charge in [-0.25, -0.2) is 4.98 Å². The van der Waals surface area contributed by atoms with E-state index in [1.165, 1.54) is 0 Å². The number of nitrogens with zero attached hydrogens (tertiary/aromatic N) is 2. The summed E-state index contributed by atoms with van der Waals surface area (Å²) in [6, 6.07) is 0. The fourth-order valence-corrected chi connectivity index (χ4v) is 2.11. The Morgan fingerprint density at radius 3 is 2.81 bits per heavy atom. The standard InChI is InChI=1S/C10H14BrN3O2/c1-16-6-7-8(11)9(15)13-10(12-7)14-4-2-3-5-14/h2-6H2,1H3,(H,12,13,15). The van der Waals surface area contributed by atoms with E-state index >= 15 is 0 Å². The Morgan fingerprint density at radius 1 is 1.50 bits per heavy atom. The van der Waals surface area contributed by atoms with E-state index < -0.39 is 0 Å². The maximum Gasteiger partial charge on any atom is 0.266 e. The monoisotopic (exact) mass is 287 g/mol. The first kappa shape index (κ1) is 11.6. The van der Waals surface area contributed by atoms with Gasteiger partial charge in [0.1, 0.15) is 4.47 Å². The third-order valence-corrected chi connectivity index (χ3v) is 3.42. The molecule has 1 aliphatic rings. The van der Waals surface area contributed by atoms with Crippen LogP contribution >= 0.6 is 15.9 Å². The lowest BCUT2D eigenvalue weighted by atomic mass is 10.4. The number of ether oxygens (including phenoxy) is 1. The zero-order chi connectivity index (χ0) is 11.5. The van der Waals surface area contributed by atoms with Gasteiger partial charge in [0, 0.05) is 20.2 Å². The van der Waals surface area contributed by atoms with E-state index in [1.807, 2.05) is 0 Å². The molecule has 1 aliphatic heterocycles. The summed E-state index contributed by atoms with van der Waals surface area (Å²) in [6.45, 7) is 2.25. The van der Waals surface area contributed by atoms with Gasteiger partial charge in [0.25, 0.3) is 5.56 Å². The van der Waals surface area contributed by atoms with Gasteiger partial charge in [-0.2, -0.15) is 0 Å². The van der Waals surface area contributed by atoms with Crippen molar-refractivity contribution in [1.29, 1.82) is 0 Å². The van der Waals surface area contributed by atoms with Crippen LogP contribution in [0.2, 0.25) is 0 Å². The van der Waals surface area contributed by atoms with Crippen LogP contribution in [0.5, 0.6) is 0 Å². The molecule has 0 saturated carbocycles. The number of nitrogens with one attached hydrogen (secondary N) is 1. The van der Waals surface area contributed by atoms with E-state index in [0.29, 0.717) is 22.7 Å². The van der Waals surface area contributed by atoms with Crippen molar-refractivity contribution in [3.63, 3.8) is 0 Å². The topological polar surface area (TPSA) is 58.2 Å². The largest absolute Gasteiger partial charge is 0.378 e. The third kappa shape index (κ3) is 2.27. The van der Waals surface area contributed by atoms with Crippen molar-refractivity contribution >= 4 is 21.9 Å². The molecule has 0 unspecified atom stereocenters. The van der Waals surface area contributed by atoms with Gasteiger partial charge < -0.3 is 9.64 Å². The lowest BCUT2D eigenvalue weighted by Crippen LogP contribution is -2.25. The number of aromatic nitrogens is 2. The fraction of sp³-hybridized carbons (Fsp3) is 0.600. The van der Waals surface area contributed by atoms with Gasteiger partial charge in [0.05, 0.1) is 12.3 Å². The van der Waals surface area contributed by atoms with Crippen molar-refractivity contribution in [2.45, 2.75) is 19.4 Å². The van der Waals surface area contributed by atoms with Crippen molar-refractivity contribution in [2.24, 2.45) is 0 Å². The zero-order valence-corrected chi connectivity index (χ0v) is 10.7. The Bertz CT molecular complexity index is 427. The Balaban J connectivity index is 2.35. The van der Waals surface area contributed by atoms with Crippen molar-refractivity contribution in [2.75, 3.05) is 25.1 Å². The summed E-state index contributed by atoms with van der Waals surface area (Å²) in [6.07, 6.45) is 2.30. The van der Waals surface area contributed by atoms with E-state index in [1.54, 1.807) is 7.11 Å². The van der Waals surface area contributed by atoms with Crippen molar-refractivity contribution in [3.8, 4) is 0 Å². The van der Waals surface area contributed by atoms with E-state index in [-0.39, 0.29) is 5.56 Å². The van der Waals surface area contributed by atoms with Crippen molar-refractivity contribution in [1.82, 2.24) is 9.97 Å². The molecular weight excluding hydrogens is 274 g/mol. The van der Waals surface area contributed by atoms with Gasteiger partial charge in [-0.1, -0.05) is 0 Å². The average molecular weight is 288 g/mol. The van der Waals surface area contributed by atoms with Crippen LogP contribution in [-0.4, -0.2) is 30.2 Å². The summed E-state index contributed by atoms with van der Waals surface area (Å²) in [4.78, 5) is 20.9. The number of rotatable bonds is 3. The minimum absolute atomic E-state index is 0.149. The number of anilines is 1. The molecule has 0 bridgehead atoms. The molecule has 1 N–H and O–H groups in total. The molecule has 2 rings (SSSR count). The summed E-state index contributed by atoms with van der Waals surface area (Å²) >= 11 is 3.22. The van der Waals surface area contributed by atoms with Gasteiger partial charge in [0.2, 0.25) is 5.95 Å². The van der Waals surface area contributed by atoms with Gasteiger partial charge >= 0.3 is 0 Å². The quantitative estimate of drug-likeness (QED) is 0.910. The fourth-order valence-electron chi connectivity index (χ4n) is 1.80. The maximum atomic E-state index is 11.7. The van der Waals surface area contributed by atoms with Gasteiger partial charge in [0.15, 0.2) is 0 Å². The van der Waals surface area contributed by atoms with Crippen LogP contribution < -0.4 is 10.5 Å². The summed E-state index contributed by atoms with van der Waals surface area (Å²) < 4.78 is 5.47. The second-order valence-corrected chi connectivity index (χ2v) is 4.57. The minimum atomic E-state index is -0.149. The average Bonchev–Trinajstić information content (AvgIpc) is 2.78. The van der Waals surface area contributed by atoms with Crippen LogP contribution in [0.3, 0.4) is 0 Å². The highest BCUT2D eigenvalue weighted by Gasteiger charge is 2.17. The normalized spacial score (nSPS) is 15.8. The molecule has 5 nitrogen and oxygen atoms in total. The highest BCUT2D eigenvalue weighted by Crippen LogP contribution is 2.17. The molecule has 2 heterocycles. The Kier molecular flexibility index (Phi) is 3.60. The molecule has 0 spiro atoms. The second-order valence-electron chi connectivity index (χ2n) is 3.78. The van der Waals surface area contributed by atoms with Gasteiger partial charge in [-0.15, -0.1) is 0 Å². The number of H-pyrrole nitrogens is 1. The smallest absolute Gasteiger partial charge is 0.266 e. The lowest BCUT2D eigenvalue weighted by Gasteiger charge is -2.16. The first-order valence-electron chi connectivity index (χ1n) is 5.25. The molecule has 0 amide bonds. The highest BCUT2D eigenvalue weighted by molar-refractivity contribution is 9.10. The zero-order valence-electron chi connectivity index (χ0n) is 9.12. The van der Waals surface area contributed by atoms with Crippen LogP contribution in [0.1, 0.15) is 18.5 Å². The summed E-state index contributed by atoms with van der Waals surface area (Å²) in [5, 5.41) is 0. The van der Waals surface area contributed by atoms with Gasteiger partial charge in [-0.05, 0) is 28.8 Å². The summed E-state index contributed by atoms with van der Waals surface area (Å²) in [5.74, 6) is 0.651. The minimum Gasteiger partial charge on any atom is -0.378 e. The SMILES string of the molecule is COCc1nc(N2CCCC2)[nH]c(=O)c1Br. The second kappa shape index (κ2) is 4.97. The van der Waals surface area contributed by atoms with Crippen LogP contribution in [0.25, 0.3) is 0 Å². The molecule has 6 heteroatoms. The number of hydrogen-bond acceptors (Lipinski definition) is 4. The summed E-state index contributed by atoms with van der Waals surface area (Å²) in [7, 11) is 1.59. The third-order valence-electron chi connectivity index (χ3n) is 2.61. The number of halogens is 1. The molecule has 1 saturated heterocycles. The molecule has 1 aromatic heterocycles. The number of aromatic amines is 1. The van der Waals surface area contributed by atoms with E-state index in [2.05, 4.69) is 30.8 Å². The molecular formula is C10H14BrN3O2. The molecule has 0 aromatic carbocycles. The summed E-state index contributed by atoms with van der Waals surface area (Å²) in [5.41, 5.74) is 0.497. The van der Waals surface area contributed by atoms with Crippen molar-refractivity contribution < 1.29 is 4.74 Å². The predicted molar refractivity (Wildman–Crippen MR) is 64.7 cm³/mol. The number of methoxy groups -OCH3 is 1. The van der Waals surface area contributed by atoms with E-state index in [0.717, 1.165) is 25.9 Å². The molecule has 1 fully saturated rings. The van der Waals surface area contributed by atoms with E-state index in [4.69, 9.17) is 4.74 Å². The van der Waals surface area contributed by atoms with Crippen LogP contribution in [-0.2, 0) is 11.3 Å². The number of hydrogen-bond donors (Lipinski definition) is 1. The Labute approximate surface area is 102 Å². The molecule has 16 heavy (non-hydrogen) atoms. The van der Waals surface area contributed by atoms with Crippen LogP contribution in [0, 0.1) is 0 Å². The van der Waals surface area contributed by atoms with Crippen LogP contribution in [0.15, 0.2) is 9.27 Å². The molecule has 1 aromatic rings.